The van der Waals surface area contributed by atoms with Crippen LogP contribution in [-0.2, 0) is 4.74 Å². The molecule has 0 bridgehead atoms. The Morgan fingerprint density at radius 2 is 2.42 bits per heavy atom. The van der Waals surface area contributed by atoms with Crippen molar-refractivity contribution in [1.29, 1.82) is 0 Å². The maximum Gasteiger partial charge on any atom is 0.411 e. The van der Waals surface area contributed by atoms with Crippen molar-refractivity contribution < 1.29 is 9.53 Å². The van der Waals surface area contributed by atoms with Crippen LogP contribution in [-0.4, -0.2) is 35.3 Å². The number of hydrogen-bond donors (Lipinski definition) is 1. The molecule has 2 heterocycles. The summed E-state index contributed by atoms with van der Waals surface area (Å²) in [5, 5.41) is 0. The van der Waals surface area contributed by atoms with Crippen LogP contribution in [0.2, 0.25) is 0 Å². The minimum Gasteiger partial charge on any atom is -0.450 e. The number of rotatable bonds is 2. The van der Waals surface area contributed by atoms with Gasteiger partial charge in [-0.15, -0.1) is 0 Å². The standard InChI is InChI=1S/C14H21N3O2/c1-3-19-14(18)17-7-5-11(9-13(17)15)12-8-10(2)4-6-16-12/h4,6,8,11,13H,3,5,7,9,15H2,1-2H3. The van der Waals surface area contributed by atoms with Crippen LogP contribution in [0, 0.1) is 6.92 Å². The van der Waals surface area contributed by atoms with Crippen molar-refractivity contribution >= 4 is 6.09 Å². The van der Waals surface area contributed by atoms with Gasteiger partial charge in [-0.1, -0.05) is 0 Å². The van der Waals surface area contributed by atoms with Gasteiger partial charge in [0, 0.05) is 24.4 Å². The van der Waals surface area contributed by atoms with Gasteiger partial charge in [0.15, 0.2) is 0 Å². The summed E-state index contributed by atoms with van der Waals surface area (Å²) < 4.78 is 5.00. The number of nitrogens with two attached hydrogens (primary N) is 1. The summed E-state index contributed by atoms with van der Waals surface area (Å²) in [7, 11) is 0. The lowest BCUT2D eigenvalue weighted by molar-refractivity contribution is 0.0739. The lowest BCUT2D eigenvalue weighted by atomic mass is 9.91. The Kier molecular flexibility index (Phi) is 4.37. The molecule has 1 aliphatic rings. The third kappa shape index (κ3) is 3.23. The molecular weight excluding hydrogens is 242 g/mol. The van der Waals surface area contributed by atoms with Crippen molar-refractivity contribution in [2.75, 3.05) is 13.2 Å². The minimum atomic E-state index is -0.314. The summed E-state index contributed by atoms with van der Waals surface area (Å²) in [4.78, 5) is 17.7. The minimum absolute atomic E-state index is 0.292. The van der Waals surface area contributed by atoms with E-state index in [-0.39, 0.29) is 12.3 Å². The molecule has 19 heavy (non-hydrogen) atoms. The van der Waals surface area contributed by atoms with Crippen LogP contribution in [0.5, 0.6) is 0 Å². The van der Waals surface area contributed by atoms with E-state index in [4.69, 9.17) is 10.5 Å². The zero-order chi connectivity index (χ0) is 13.8. The fourth-order valence-electron chi connectivity index (χ4n) is 2.48. The fraction of sp³-hybridized carbons (Fsp3) is 0.571. The van der Waals surface area contributed by atoms with Crippen LogP contribution < -0.4 is 5.73 Å². The topological polar surface area (TPSA) is 68.5 Å². The summed E-state index contributed by atoms with van der Waals surface area (Å²) in [5.74, 6) is 0.320. The summed E-state index contributed by atoms with van der Waals surface area (Å²) in [6.45, 7) is 4.86. The van der Waals surface area contributed by atoms with E-state index in [2.05, 4.69) is 18.0 Å². The number of hydrogen-bond acceptors (Lipinski definition) is 4. The zero-order valence-electron chi connectivity index (χ0n) is 11.5. The maximum absolute atomic E-state index is 11.7. The number of aryl methyl sites for hydroxylation is 1. The number of likely N-dealkylation sites (tertiary alicyclic amines) is 1. The van der Waals surface area contributed by atoms with Crippen LogP contribution >= 0.6 is 0 Å². The van der Waals surface area contributed by atoms with E-state index in [1.807, 2.05) is 12.3 Å². The molecule has 1 amide bonds. The Morgan fingerprint density at radius 1 is 1.63 bits per heavy atom. The van der Waals surface area contributed by atoms with Crippen molar-refractivity contribution in [2.24, 2.45) is 5.73 Å². The highest BCUT2D eigenvalue weighted by molar-refractivity contribution is 5.68. The van der Waals surface area contributed by atoms with Crippen molar-refractivity contribution in [2.45, 2.75) is 38.8 Å². The molecular formula is C14H21N3O2. The molecule has 5 heteroatoms. The van der Waals surface area contributed by atoms with E-state index in [0.29, 0.717) is 19.1 Å². The van der Waals surface area contributed by atoms with E-state index < -0.39 is 0 Å². The molecule has 2 unspecified atom stereocenters. The SMILES string of the molecule is CCOC(=O)N1CCC(c2cc(C)ccn2)CC1N. The van der Waals surface area contributed by atoms with Gasteiger partial charge >= 0.3 is 6.09 Å². The van der Waals surface area contributed by atoms with Gasteiger partial charge < -0.3 is 10.5 Å². The number of amides is 1. The molecule has 2 atom stereocenters. The van der Waals surface area contributed by atoms with Gasteiger partial charge in [-0.2, -0.15) is 0 Å². The Hall–Kier alpha value is -1.62. The first-order valence-electron chi connectivity index (χ1n) is 6.73. The number of pyridine rings is 1. The van der Waals surface area contributed by atoms with Crippen molar-refractivity contribution in [3.05, 3.63) is 29.6 Å². The third-order valence-corrected chi connectivity index (χ3v) is 3.50. The average molecular weight is 263 g/mol. The second-order valence-electron chi connectivity index (χ2n) is 4.94. The largest absolute Gasteiger partial charge is 0.450 e. The lowest BCUT2D eigenvalue weighted by Crippen LogP contribution is -2.50. The van der Waals surface area contributed by atoms with Crippen molar-refractivity contribution in [3.8, 4) is 0 Å². The van der Waals surface area contributed by atoms with Gasteiger partial charge in [0.2, 0.25) is 0 Å². The fourth-order valence-corrected chi connectivity index (χ4v) is 2.48. The summed E-state index contributed by atoms with van der Waals surface area (Å²) >= 11 is 0. The zero-order valence-corrected chi connectivity index (χ0v) is 11.5. The molecule has 2 rings (SSSR count). The molecule has 1 saturated heterocycles. The van der Waals surface area contributed by atoms with E-state index >= 15 is 0 Å². The normalized spacial score (nSPS) is 23.2. The van der Waals surface area contributed by atoms with E-state index in [1.54, 1.807) is 11.8 Å². The number of aromatic nitrogens is 1. The molecule has 0 saturated carbocycles. The summed E-state index contributed by atoms with van der Waals surface area (Å²) in [6.07, 6.45) is 2.83. The smallest absolute Gasteiger partial charge is 0.411 e. The summed E-state index contributed by atoms with van der Waals surface area (Å²) in [6, 6.07) is 4.08. The summed E-state index contributed by atoms with van der Waals surface area (Å²) in [5.41, 5.74) is 8.34. The molecule has 1 aromatic heterocycles. The van der Waals surface area contributed by atoms with Gasteiger partial charge in [0.05, 0.1) is 12.8 Å². The van der Waals surface area contributed by atoms with Crippen LogP contribution in [0.4, 0.5) is 4.79 Å². The Bertz CT molecular complexity index is 450. The predicted molar refractivity (Wildman–Crippen MR) is 72.7 cm³/mol. The Morgan fingerprint density at radius 3 is 3.05 bits per heavy atom. The van der Waals surface area contributed by atoms with Crippen LogP contribution in [0.15, 0.2) is 18.3 Å². The average Bonchev–Trinajstić information content (AvgIpc) is 2.38. The Labute approximate surface area is 113 Å². The van der Waals surface area contributed by atoms with Crippen LogP contribution in [0.3, 0.4) is 0 Å². The van der Waals surface area contributed by atoms with Gasteiger partial charge in [-0.3, -0.25) is 9.88 Å². The molecule has 5 nitrogen and oxygen atoms in total. The number of carbonyl (C=O) groups excluding carboxylic acids is 1. The molecule has 0 aliphatic carbocycles. The molecule has 0 radical (unpaired) electrons. The first-order chi connectivity index (χ1) is 9.11. The molecule has 1 aliphatic heterocycles. The molecule has 0 spiro atoms. The van der Waals surface area contributed by atoms with E-state index in [0.717, 1.165) is 18.5 Å². The number of carbonyl (C=O) groups is 1. The van der Waals surface area contributed by atoms with Gasteiger partial charge in [0.1, 0.15) is 0 Å². The highest BCUT2D eigenvalue weighted by atomic mass is 16.6. The van der Waals surface area contributed by atoms with E-state index in [9.17, 15) is 4.79 Å². The first kappa shape index (κ1) is 13.8. The highest BCUT2D eigenvalue weighted by Gasteiger charge is 2.31. The second-order valence-corrected chi connectivity index (χ2v) is 4.94. The molecule has 2 N–H and O–H groups in total. The second kappa shape index (κ2) is 6.02. The monoisotopic (exact) mass is 263 g/mol. The molecule has 1 fully saturated rings. The predicted octanol–water partition coefficient (Wildman–Crippen LogP) is 2.01. The van der Waals surface area contributed by atoms with E-state index in [1.165, 1.54) is 5.56 Å². The first-order valence-corrected chi connectivity index (χ1v) is 6.73. The highest BCUT2D eigenvalue weighted by Crippen LogP contribution is 2.29. The molecule has 1 aromatic rings. The number of nitrogens with zero attached hydrogens (tertiary/aromatic N) is 2. The van der Waals surface area contributed by atoms with Gasteiger partial charge in [-0.25, -0.2) is 4.79 Å². The quantitative estimate of drug-likeness (QED) is 0.886. The van der Waals surface area contributed by atoms with Crippen LogP contribution in [0.25, 0.3) is 0 Å². The molecule has 0 aromatic carbocycles. The van der Waals surface area contributed by atoms with Crippen LogP contribution in [0.1, 0.15) is 36.9 Å². The lowest BCUT2D eigenvalue weighted by Gasteiger charge is -2.36. The third-order valence-electron chi connectivity index (χ3n) is 3.50. The Balaban J connectivity index is 2.02. The number of piperidine rings is 1. The number of ether oxygens (including phenoxy) is 1. The van der Waals surface area contributed by atoms with Gasteiger partial charge in [0.25, 0.3) is 0 Å². The maximum atomic E-state index is 11.7. The van der Waals surface area contributed by atoms with Crippen molar-refractivity contribution in [3.63, 3.8) is 0 Å². The molecule has 104 valence electrons. The van der Waals surface area contributed by atoms with Gasteiger partial charge in [-0.05, 0) is 44.4 Å². The van der Waals surface area contributed by atoms with Crippen molar-refractivity contribution in [1.82, 2.24) is 9.88 Å².